The first-order chi connectivity index (χ1) is 14.6. The SMILES string of the molecule is CCNC(=NCC1CCCN(C(C)C)C1)NCCc1ccc(OCC)c(OCC)c1.I. The number of ether oxygens (including phenoxy) is 2. The van der Waals surface area contributed by atoms with Crippen LogP contribution in [0.25, 0.3) is 0 Å². The molecule has 0 aromatic heterocycles. The molecule has 0 saturated carbocycles. The number of benzene rings is 1. The molecule has 0 amide bonds. The van der Waals surface area contributed by atoms with Crippen molar-refractivity contribution in [2.45, 2.75) is 59.9 Å². The summed E-state index contributed by atoms with van der Waals surface area (Å²) in [5, 5.41) is 6.87. The number of rotatable bonds is 11. The van der Waals surface area contributed by atoms with Crippen molar-refractivity contribution in [1.82, 2.24) is 15.5 Å². The van der Waals surface area contributed by atoms with Gasteiger partial charge < -0.3 is 25.0 Å². The molecule has 1 aliphatic heterocycles. The molecule has 7 heteroatoms. The quantitative estimate of drug-likeness (QED) is 0.246. The van der Waals surface area contributed by atoms with E-state index in [2.05, 4.69) is 48.4 Å². The van der Waals surface area contributed by atoms with Crippen LogP contribution in [0.2, 0.25) is 0 Å². The highest BCUT2D eigenvalue weighted by molar-refractivity contribution is 14.0. The van der Waals surface area contributed by atoms with Crippen molar-refractivity contribution >= 4 is 29.9 Å². The molecule has 1 unspecified atom stereocenters. The number of aliphatic imine (C=N–C) groups is 1. The first-order valence-corrected chi connectivity index (χ1v) is 11.7. The zero-order chi connectivity index (χ0) is 21.8. The van der Waals surface area contributed by atoms with E-state index in [1.165, 1.54) is 24.9 Å². The Balaban J connectivity index is 0.00000480. The highest BCUT2D eigenvalue weighted by Crippen LogP contribution is 2.28. The number of guanidine groups is 1. The summed E-state index contributed by atoms with van der Waals surface area (Å²) in [5.41, 5.74) is 1.23. The molecule has 0 spiro atoms. The molecule has 178 valence electrons. The first-order valence-electron chi connectivity index (χ1n) is 11.7. The molecule has 0 aliphatic carbocycles. The third kappa shape index (κ3) is 9.85. The zero-order valence-electron chi connectivity index (χ0n) is 20.1. The van der Waals surface area contributed by atoms with Crippen molar-refractivity contribution in [3.05, 3.63) is 23.8 Å². The van der Waals surface area contributed by atoms with Gasteiger partial charge in [0.2, 0.25) is 0 Å². The minimum absolute atomic E-state index is 0. The molecule has 0 radical (unpaired) electrons. The van der Waals surface area contributed by atoms with E-state index in [-0.39, 0.29) is 24.0 Å². The van der Waals surface area contributed by atoms with Crippen molar-refractivity contribution < 1.29 is 9.47 Å². The Kier molecular flexibility index (Phi) is 14.0. The van der Waals surface area contributed by atoms with Gasteiger partial charge in [-0.15, -0.1) is 24.0 Å². The molecule has 31 heavy (non-hydrogen) atoms. The maximum Gasteiger partial charge on any atom is 0.191 e. The van der Waals surface area contributed by atoms with E-state index >= 15 is 0 Å². The molecule has 1 aromatic rings. The van der Waals surface area contributed by atoms with Gasteiger partial charge in [0.05, 0.1) is 13.2 Å². The van der Waals surface area contributed by atoms with Crippen LogP contribution >= 0.6 is 24.0 Å². The zero-order valence-corrected chi connectivity index (χ0v) is 22.4. The number of nitrogens with one attached hydrogen (secondary N) is 2. The van der Waals surface area contributed by atoms with Crippen LogP contribution in [0, 0.1) is 5.92 Å². The predicted molar refractivity (Wildman–Crippen MR) is 141 cm³/mol. The van der Waals surface area contributed by atoms with Gasteiger partial charge in [-0.2, -0.15) is 0 Å². The van der Waals surface area contributed by atoms with Gasteiger partial charge in [-0.3, -0.25) is 4.99 Å². The Morgan fingerprint density at radius 1 is 1.13 bits per heavy atom. The third-order valence-electron chi connectivity index (χ3n) is 5.45. The van der Waals surface area contributed by atoms with Gasteiger partial charge in [-0.05, 0) is 84.0 Å². The second kappa shape index (κ2) is 15.6. The van der Waals surface area contributed by atoms with Crippen molar-refractivity contribution in [1.29, 1.82) is 0 Å². The first kappa shape index (κ1) is 27.8. The van der Waals surface area contributed by atoms with Gasteiger partial charge >= 0.3 is 0 Å². The molecule has 1 atom stereocenters. The number of likely N-dealkylation sites (tertiary alicyclic amines) is 1. The molecule has 1 fully saturated rings. The molecule has 1 saturated heterocycles. The van der Waals surface area contributed by atoms with Crippen LogP contribution in [-0.2, 0) is 6.42 Å². The average molecular weight is 547 g/mol. The molecule has 2 N–H and O–H groups in total. The molecule has 6 nitrogen and oxygen atoms in total. The van der Waals surface area contributed by atoms with Crippen LogP contribution < -0.4 is 20.1 Å². The number of piperidine rings is 1. The molecular weight excluding hydrogens is 503 g/mol. The highest BCUT2D eigenvalue weighted by atomic mass is 127. The summed E-state index contributed by atoms with van der Waals surface area (Å²) in [7, 11) is 0. The lowest BCUT2D eigenvalue weighted by Gasteiger charge is -2.34. The van der Waals surface area contributed by atoms with Crippen molar-refractivity contribution in [2.75, 3.05) is 45.9 Å². The largest absolute Gasteiger partial charge is 0.490 e. The van der Waals surface area contributed by atoms with Gasteiger partial charge in [0.1, 0.15) is 0 Å². The monoisotopic (exact) mass is 546 g/mol. The normalized spacial score (nSPS) is 17.2. The maximum atomic E-state index is 5.74. The minimum Gasteiger partial charge on any atom is -0.490 e. The van der Waals surface area contributed by atoms with Gasteiger partial charge in [0.25, 0.3) is 0 Å². The fourth-order valence-electron chi connectivity index (χ4n) is 3.85. The fraction of sp³-hybridized carbons (Fsp3) is 0.708. The van der Waals surface area contributed by atoms with Crippen molar-refractivity contribution in [3.63, 3.8) is 0 Å². The Labute approximate surface area is 206 Å². The smallest absolute Gasteiger partial charge is 0.191 e. The topological polar surface area (TPSA) is 58.1 Å². The number of hydrogen-bond donors (Lipinski definition) is 2. The number of nitrogens with zero attached hydrogens (tertiary/aromatic N) is 2. The summed E-state index contributed by atoms with van der Waals surface area (Å²) < 4.78 is 11.4. The van der Waals surface area contributed by atoms with E-state index in [1.54, 1.807) is 0 Å². The van der Waals surface area contributed by atoms with Crippen LogP contribution in [0.5, 0.6) is 11.5 Å². The molecule has 1 heterocycles. The van der Waals surface area contributed by atoms with Crippen molar-refractivity contribution in [2.24, 2.45) is 10.9 Å². The Hall–Kier alpha value is -1.22. The van der Waals surface area contributed by atoms with Gasteiger partial charge in [-0.25, -0.2) is 0 Å². The van der Waals surface area contributed by atoms with Gasteiger partial charge in [0.15, 0.2) is 17.5 Å². The molecule has 0 bridgehead atoms. The van der Waals surface area contributed by atoms with E-state index in [0.29, 0.717) is 25.2 Å². The lowest BCUT2D eigenvalue weighted by atomic mass is 9.97. The summed E-state index contributed by atoms with van der Waals surface area (Å²) >= 11 is 0. The lowest BCUT2D eigenvalue weighted by Crippen LogP contribution is -2.42. The third-order valence-corrected chi connectivity index (χ3v) is 5.45. The Morgan fingerprint density at radius 3 is 2.55 bits per heavy atom. The van der Waals surface area contributed by atoms with Crippen molar-refractivity contribution in [3.8, 4) is 11.5 Å². The maximum absolute atomic E-state index is 5.74. The number of halogens is 1. The minimum atomic E-state index is 0. The summed E-state index contributed by atoms with van der Waals surface area (Å²) in [6.45, 7) is 16.9. The van der Waals surface area contributed by atoms with E-state index in [9.17, 15) is 0 Å². The van der Waals surface area contributed by atoms with Gasteiger partial charge in [0, 0.05) is 32.2 Å². The summed E-state index contributed by atoms with van der Waals surface area (Å²) in [5.74, 6) is 3.20. The summed E-state index contributed by atoms with van der Waals surface area (Å²) in [6, 6.07) is 6.83. The molecule has 1 aromatic carbocycles. The highest BCUT2D eigenvalue weighted by Gasteiger charge is 2.21. The van der Waals surface area contributed by atoms with Gasteiger partial charge in [-0.1, -0.05) is 6.07 Å². The standard InChI is InChI=1S/C24H42N4O2.HI/c1-6-25-24(27-17-21-10-9-15-28(18-21)19(4)5)26-14-13-20-11-12-22(29-7-2)23(16-20)30-8-3;/h11-12,16,19,21H,6-10,13-15,17-18H2,1-5H3,(H2,25,26,27);1H. The summed E-state index contributed by atoms with van der Waals surface area (Å²) in [6.07, 6.45) is 3.46. The van der Waals surface area contributed by atoms with Crippen LogP contribution in [0.4, 0.5) is 0 Å². The van der Waals surface area contributed by atoms with Crippen LogP contribution in [0.3, 0.4) is 0 Å². The molecule has 1 aliphatic rings. The molecular formula is C24H43IN4O2. The molecule has 2 rings (SSSR count). The van der Waals surface area contributed by atoms with Crippen LogP contribution in [0.1, 0.15) is 53.0 Å². The van der Waals surface area contributed by atoms with E-state index < -0.39 is 0 Å². The average Bonchev–Trinajstić information content (AvgIpc) is 2.74. The van der Waals surface area contributed by atoms with E-state index in [4.69, 9.17) is 14.5 Å². The summed E-state index contributed by atoms with van der Waals surface area (Å²) in [4.78, 5) is 7.45. The van der Waals surface area contributed by atoms with E-state index in [0.717, 1.165) is 50.1 Å². The lowest BCUT2D eigenvalue weighted by molar-refractivity contribution is 0.143. The number of hydrogen-bond acceptors (Lipinski definition) is 4. The Bertz CT molecular complexity index is 654. The van der Waals surface area contributed by atoms with Crippen LogP contribution in [-0.4, -0.2) is 62.8 Å². The fourth-order valence-corrected chi connectivity index (χ4v) is 3.85. The Morgan fingerprint density at radius 2 is 1.87 bits per heavy atom. The van der Waals surface area contributed by atoms with E-state index in [1.807, 2.05) is 19.9 Å². The second-order valence-corrected chi connectivity index (χ2v) is 8.14. The predicted octanol–water partition coefficient (Wildman–Crippen LogP) is 4.32. The van der Waals surface area contributed by atoms with Crippen LogP contribution in [0.15, 0.2) is 23.2 Å². The second-order valence-electron chi connectivity index (χ2n) is 8.14.